The molecule has 1 aromatic carbocycles. The van der Waals surface area contributed by atoms with Gasteiger partial charge < -0.3 is 15.5 Å². The highest BCUT2D eigenvalue weighted by molar-refractivity contribution is 6.27. The van der Waals surface area contributed by atoms with Crippen molar-refractivity contribution in [2.75, 3.05) is 0 Å². The van der Waals surface area contributed by atoms with Crippen molar-refractivity contribution in [2.24, 2.45) is 9.98 Å². The van der Waals surface area contributed by atoms with Gasteiger partial charge in [0.2, 0.25) is 0 Å². The summed E-state index contributed by atoms with van der Waals surface area (Å²) in [5.41, 5.74) is 0.393. The van der Waals surface area contributed by atoms with Gasteiger partial charge in [-0.15, -0.1) is 0 Å². The topological polar surface area (TPSA) is 77.2 Å². The Morgan fingerprint density at radius 3 is 1.38 bits per heavy atom. The summed E-state index contributed by atoms with van der Waals surface area (Å²) in [7, 11) is 0. The number of benzene rings is 1. The van der Waals surface area contributed by atoms with Crippen LogP contribution in [0.5, 0.6) is 11.5 Å². The van der Waals surface area contributed by atoms with E-state index in [1.807, 2.05) is 41.5 Å². The number of phenolic OH excluding ortho intramolecular Hbond substituents is 2. The van der Waals surface area contributed by atoms with Gasteiger partial charge in [-0.25, -0.2) is 0 Å². The zero-order valence-electron chi connectivity index (χ0n) is 13.4. The van der Waals surface area contributed by atoms with E-state index in [1.54, 1.807) is 0 Å². The molecule has 0 atom stereocenters. The molecule has 0 bridgehead atoms. The van der Waals surface area contributed by atoms with E-state index < -0.39 is 0 Å². The minimum Gasteiger partial charge on any atom is -0.507 e. The van der Waals surface area contributed by atoms with Crippen LogP contribution in [0.2, 0.25) is 0 Å². The third-order valence-electron chi connectivity index (χ3n) is 2.77. The number of nitrogens with one attached hydrogen (secondary N) is 1. The molecular weight excluding hydrogens is 266 g/mol. The first-order valence-corrected chi connectivity index (χ1v) is 7.00. The van der Waals surface area contributed by atoms with E-state index >= 15 is 0 Å². The Hall–Kier alpha value is -2.04. The van der Waals surface area contributed by atoms with Gasteiger partial charge in [-0.1, -0.05) is 0 Å². The average Bonchev–Trinajstić information content (AvgIpc) is 2.58. The molecule has 0 fully saturated rings. The van der Waals surface area contributed by atoms with Crippen molar-refractivity contribution in [3.63, 3.8) is 0 Å². The minimum atomic E-state index is -0.311. The zero-order valence-corrected chi connectivity index (χ0v) is 13.4. The van der Waals surface area contributed by atoms with Crippen LogP contribution < -0.4 is 5.32 Å². The number of rotatable bonds is 0. The number of fused-ring (bicyclic) bond motifs is 1. The molecule has 5 heteroatoms. The summed E-state index contributed by atoms with van der Waals surface area (Å²) < 4.78 is 0. The Morgan fingerprint density at radius 2 is 1.10 bits per heavy atom. The Balaban J connectivity index is 2.70. The summed E-state index contributed by atoms with van der Waals surface area (Å²) in [6.45, 7) is 11.8. The maximum Gasteiger partial charge on any atom is 0.139 e. The second-order valence-corrected chi connectivity index (χ2v) is 7.24. The molecule has 2 rings (SSSR count). The maximum atomic E-state index is 10.2. The zero-order chi connectivity index (χ0) is 16.0. The molecule has 114 valence electrons. The third kappa shape index (κ3) is 3.35. The molecule has 1 heterocycles. The fourth-order valence-electron chi connectivity index (χ4n) is 2.14. The number of nitrogens with zero attached hydrogens (tertiary/aromatic N) is 2. The normalized spacial score (nSPS) is 19.0. The van der Waals surface area contributed by atoms with Crippen molar-refractivity contribution >= 4 is 11.7 Å². The minimum absolute atomic E-state index is 0.0809. The Bertz CT molecular complexity index is 577. The highest BCUT2D eigenvalue weighted by atomic mass is 16.3. The van der Waals surface area contributed by atoms with Gasteiger partial charge in [-0.2, -0.15) is 0 Å². The first-order chi connectivity index (χ1) is 9.48. The first kappa shape index (κ1) is 15.4. The molecule has 0 aliphatic carbocycles. The fourth-order valence-corrected chi connectivity index (χ4v) is 2.14. The summed E-state index contributed by atoms with van der Waals surface area (Å²) in [4.78, 5) is 9.17. The Morgan fingerprint density at radius 1 is 0.762 bits per heavy atom. The second kappa shape index (κ2) is 4.76. The number of hydrogen-bond donors (Lipinski definition) is 3. The summed E-state index contributed by atoms with van der Waals surface area (Å²) in [5.74, 6) is 1.23. The quantitative estimate of drug-likeness (QED) is 0.643. The number of aromatic hydroxyl groups is 2. The van der Waals surface area contributed by atoms with Gasteiger partial charge in [-0.05, 0) is 53.7 Å². The summed E-state index contributed by atoms with van der Waals surface area (Å²) >= 11 is 0. The van der Waals surface area contributed by atoms with Crippen molar-refractivity contribution in [1.82, 2.24) is 5.32 Å². The van der Waals surface area contributed by atoms with E-state index in [1.165, 1.54) is 12.1 Å². The molecule has 5 nitrogen and oxygen atoms in total. The van der Waals surface area contributed by atoms with Gasteiger partial charge in [0, 0.05) is 0 Å². The van der Waals surface area contributed by atoms with E-state index in [0.29, 0.717) is 22.8 Å². The Labute approximate surface area is 125 Å². The van der Waals surface area contributed by atoms with Crippen molar-refractivity contribution in [1.29, 1.82) is 0 Å². The van der Waals surface area contributed by atoms with Gasteiger partial charge in [0.05, 0.1) is 22.2 Å². The van der Waals surface area contributed by atoms with Crippen molar-refractivity contribution in [2.45, 2.75) is 52.6 Å². The molecule has 0 saturated carbocycles. The van der Waals surface area contributed by atoms with Gasteiger partial charge in [-0.3, -0.25) is 9.98 Å². The summed E-state index contributed by atoms with van der Waals surface area (Å²) in [6.07, 6.45) is 0. The van der Waals surface area contributed by atoms with Crippen LogP contribution in [0.4, 0.5) is 0 Å². The van der Waals surface area contributed by atoms with Crippen molar-refractivity contribution < 1.29 is 10.2 Å². The van der Waals surface area contributed by atoms with Crippen LogP contribution in [0.3, 0.4) is 0 Å². The SMILES string of the molecule is CC(C)(C)N=C1NC(=NC(C)(C)C)c2c(O)ccc(O)c21. The highest BCUT2D eigenvalue weighted by Crippen LogP contribution is 2.34. The molecule has 0 spiro atoms. The first-order valence-electron chi connectivity index (χ1n) is 7.00. The largest absolute Gasteiger partial charge is 0.507 e. The van der Waals surface area contributed by atoms with Gasteiger partial charge in [0.25, 0.3) is 0 Å². The predicted octanol–water partition coefficient (Wildman–Crippen LogP) is 2.79. The lowest BCUT2D eigenvalue weighted by Crippen LogP contribution is -2.28. The van der Waals surface area contributed by atoms with Crippen LogP contribution >= 0.6 is 0 Å². The lowest BCUT2D eigenvalue weighted by Gasteiger charge is -2.15. The maximum absolute atomic E-state index is 10.2. The lowest BCUT2D eigenvalue weighted by atomic mass is 10.0. The molecule has 1 aliphatic rings. The van der Waals surface area contributed by atoms with Gasteiger partial charge in [0.15, 0.2) is 0 Å². The van der Waals surface area contributed by atoms with Crippen LogP contribution in [0.1, 0.15) is 52.7 Å². The van der Waals surface area contributed by atoms with E-state index in [-0.39, 0.29) is 22.6 Å². The molecule has 21 heavy (non-hydrogen) atoms. The second-order valence-electron chi connectivity index (χ2n) is 7.24. The Kier molecular flexibility index (Phi) is 3.48. The molecule has 0 amide bonds. The van der Waals surface area contributed by atoms with Crippen molar-refractivity contribution in [3.05, 3.63) is 23.3 Å². The molecule has 1 aliphatic heterocycles. The predicted molar refractivity (Wildman–Crippen MR) is 85.5 cm³/mol. The number of aliphatic imine (C=N–C) groups is 2. The van der Waals surface area contributed by atoms with E-state index in [2.05, 4.69) is 15.3 Å². The number of amidine groups is 2. The molecule has 1 aromatic rings. The highest BCUT2D eigenvalue weighted by Gasteiger charge is 2.31. The van der Waals surface area contributed by atoms with Gasteiger partial charge >= 0.3 is 0 Å². The van der Waals surface area contributed by atoms with E-state index in [9.17, 15) is 10.2 Å². The van der Waals surface area contributed by atoms with E-state index in [0.717, 1.165) is 0 Å². The number of hydrogen-bond acceptors (Lipinski definition) is 4. The van der Waals surface area contributed by atoms with E-state index in [4.69, 9.17) is 0 Å². The average molecular weight is 289 g/mol. The summed E-state index contributed by atoms with van der Waals surface area (Å²) in [5, 5.41) is 23.4. The standard InChI is InChI=1S/C16H23N3O2/c1-15(2,3)18-13-11-9(20)7-8-10(21)12(11)14(17-13)19-16(4,5)6/h7-8,20-21H,1-6H3,(H,17,18,19). The van der Waals surface area contributed by atoms with Crippen LogP contribution in [0, 0.1) is 0 Å². The third-order valence-corrected chi connectivity index (χ3v) is 2.77. The molecule has 0 unspecified atom stereocenters. The molecular formula is C16H23N3O2. The molecule has 0 saturated heterocycles. The van der Waals surface area contributed by atoms with Crippen LogP contribution in [-0.2, 0) is 0 Å². The lowest BCUT2D eigenvalue weighted by molar-refractivity contribution is 0.458. The van der Waals surface area contributed by atoms with Gasteiger partial charge in [0.1, 0.15) is 23.2 Å². The van der Waals surface area contributed by atoms with Crippen molar-refractivity contribution in [3.8, 4) is 11.5 Å². The number of phenols is 2. The fraction of sp³-hybridized carbons (Fsp3) is 0.500. The van der Waals surface area contributed by atoms with Crippen LogP contribution in [0.25, 0.3) is 0 Å². The monoisotopic (exact) mass is 289 g/mol. The summed E-state index contributed by atoms with van der Waals surface area (Å²) in [6, 6.07) is 2.93. The molecule has 0 aromatic heterocycles. The smallest absolute Gasteiger partial charge is 0.139 e. The molecule has 3 N–H and O–H groups in total. The van der Waals surface area contributed by atoms with Crippen LogP contribution in [-0.4, -0.2) is 33.0 Å². The molecule has 0 radical (unpaired) electrons. The van der Waals surface area contributed by atoms with Crippen LogP contribution in [0.15, 0.2) is 22.1 Å².